The van der Waals surface area contributed by atoms with Crippen molar-refractivity contribution in [3.05, 3.63) is 53.1 Å². The van der Waals surface area contributed by atoms with Crippen LogP contribution in [0.25, 0.3) is 11.1 Å². The number of nitrogens with zero attached hydrogens (tertiary/aromatic N) is 3. The van der Waals surface area contributed by atoms with Gasteiger partial charge in [0.1, 0.15) is 5.69 Å². The van der Waals surface area contributed by atoms with Crippen molar-refractivity contribution in [2.24, 2.45) is 0 Å². The molecule has 1 aliphatic rings. The quantitative estimate of drug-likeness (QED) is 0.583. The normalized spacial score (nSPS) is 16.2. The van der Waals surface area contributed by atoms with Crippen LogP contribution < -0.4 is 20.5 Å². The molecule has 0 aromatic carbocycles. The van der Waals surface area contributed by atoms with Crippen LogP contribution in [-0.4, -0.2) is 66.1 Å². The summed E-state index contributed by atoms with van der Waals surface area (Å²) in [5, 5.41) is 3.27. The van der Waals surface area contributed by atoms with Crippen molar-refractivity contribution in [2.75, 3.05) is 38.2 Å². The number of nitrogens with one attached hydrogen (secondary N) is 2. The van der Waals surface area contributed by atoms with Crippen LogP contribution >= 0.6 is 0 Å². The second-order valence-electron chi connectivity index (χ2n) is 8.17. The molecular weight excluding hydrogens is 406 g/mol. The summed E-state index contributed by atoms with van der Waals surface area (Å²) in [5.41, 5.74) is 2.26. The number of carbonyl (C=O) groups is 1. The highest BCUT2D eigenvalue weighted by Gasteiger charge is 2.30. The van der Waals surface area contributed by atoms with E-state index in [2.05, 4.69) is 34.0 Å². The maximum absolute atomic E-state index is 12.7. The SMILES string of the molecule is CCN(c1cc(-c2ccnc(OC)c2)c[nH]c1=O)C1CCN(C(=O)/C=C/CNC(C)C)C1. The van der Waals surface area contributed by atoms with Crippen molar-refractivity contribution in [2.45, 2.75) is 39.3 Å². The first-order chi connectivity index (χ1) is 15.4. The molecule has 0 aliphatic carbocycles. The zero-order valence-corrected chi connectivity index (χ0v) is 19.3. The second-order valence-corrected chi connectivity index (χ2v) is 8.17. The third kappa shape index (κ3) is 5.76. The molecule has 1 atom stereocenters. The number of aromatic nitrogens is 2. The average molecular weight is 440 g/mol. The van der Waals surface area contributed by atoms with Gasteiger partial charge in [-0.05, 0) is 31.0 Å². The fraction of sp³-hybridized carbons (Fsp3) is 0.458. The van der Waals surface area contributed by atoms with Crippen molar-refractivity contribution in [3.8, 4) is 17.0 Å². The summed E-state index contributed by atoms with van der Waals surface area (Å²) in [6.45, 7) is 8.80. The smallest absolute Gasteiger partial charge is 0.271 e. The van der Waals surface area contributed by atoms with E-state index in [9.17, 15) is 9.59 Å². The molecule has 1 fully saturated rings. The predicted molar refractivity (Wildman–Crippen MR) is 127 cm³/mol. The van der Waals surface area contributed by atoms with E-state index in [-0.39, 0.29) is 17.5 Å². The highest BCUT2D eigenvalue weighted by atomic mass is 16.5. The molecule has 0 radical (unpaired) electrons. The first kappa shape index (κ1) is 23.5. The van der Waals surface area contributed by atoms with Crippen LogP contribution in [0.15, 0.2) is 47.5 Å². The van der Waals surface area contributed by atoms with E-state index in [1.807, 2.05) is 36.1 Å². The lowest BCUT2D eigenvalue weighted by molar-refractivity contribution is -0.125. The molecule has 0 bridgehead atoms. The number of hydrogen-bond donors (Lipinski definition) is 2. The van der Waals surface area contributed by atoms with Gasteiger partial charge in [0, 0.05) is 68.4 Å². The summed E-state index contributed by atoms with van der Waals surface area (Å²) < 4.78 is 5.22. The Morgan fingerprint density at radius 1 is 1.41 bits per heavy atom. The van der Waals surface area contributed by atoms with Crippen LogP contribution in [0.3, 0.4) is 0 Å². The Morgan fingerprint density at radius 2 is 2.22 bits per heavy atom. The minimum atomic E-state index is -0.138. The summed E-state index contributed by atoms with van der Waals surface area (Å²) in [7, 11) is 1.58. The molecule has 0 saturated carbocycles. The van der Waals surface area contributed by atoms with Gasteiger partial charge in [0.2, 0.25) is 11.8 Å². The number of rotatable bonds is 9. The standard InChI is InChI=1S/C24H33N5O3/c1-5-29(20-9-12-28(16-20)23(30)7-6-10-25-17(2)3)21-13-19(15-27-24(21)31)18-8-11-26-22(14-18)32-4/h6-8,11,13-15,17,20,25H,5,9-10,12,16H2,1-4H3,(H,27,31)/b7-6+. The number of amides is 1. The summed E-state index contributed by atoms with van der Waals surface area (Å²) in [5.74, 6) is 0.532. The fourth-order valence-corrected chi connectivity index (χ4v) is 3.94. The number of H-pyrrole nitrogens is 1. The molecule has 3 rings (SSSR count). The monoisotopic (exact) mass is 439 g/mol. The van der Waals surface area contributed by atoms with Crippen LogP contribution in [0.5, 0.6) is 5.88 Å². The third-order valence-electron chi connectivity index (χ3n) is 5.63. The molecule has 172 valence electrons. The van der Waals surface area contributed by atoms with Gasteiger partial charge in [-0.3, -0.25) is 9.59 Å². The number of anilines is 1. The number of pyridine rings is 2. The number of ether oxygens (including phenoxy) is 1. The number of carbonyl (C=O) groups excluding carboxylic acids is 1. The van der Waals surface area contributed by atoms with Crippen LogP contribution in [0.1, 0.15) is 27.2 Å². The summed E-state index contributed by atoms with van der Waals surface area (Å²) in [6.07, 6.45) is 7.71. The van der Waals surface area contributed by atoms with Crippen molar-refractivity contribution >= 4 is 11.6 Å². The van der Waals surface area contributed by atoms with Crippen molar-refractivity contribution < 1.29 is 9.53 Å². The number of likely N-dealkylation sites (tertiary alicyclic amines) is 1. The minimum absolute atomic E-state index is 0.0145. The van der Waals surface area contributed by atoms with E-state index >= 15 is 0 Å². The molecule has 1 amide bonds. The van der Waals surface area contributed by atoms with Crippen molar-refractivity contribution in [3.63, 3.8) is 0 Å². The molecule has 2 N–H and O–H groups in total. The van der Waals surface area contributed by atoms with Crippen molar-refractivity contribution in [1.29, 1.82) is 0 Å². The molecule has 3 heterocycles. The lowest BCUT2D eigenvalue weighted by Crippen LogP contribution is -2.41. The van der Waals surface area contributed by atoms with Gasteiger partial charge in [0.15, 0.2) is 0 Å². The Bertz CT molecular complexity index is 1000. The highest BCUT2D eigenvalue weighted by molar-refractivity contribution is 5.88. The summed E-state index contributed by atoms with van der Waals surface area (Å²) >= 11 is 0. The van der Waals surface area contributed by atoms with E-state index in [4.69, 9.17) is 4.74 Å². The van der Waals surface area contributed by atoms with Crippen LogP contribution in [-0.2, 0) is 4.79 Å². The van der Waals surface area contributed by atoms with E-state index in [1.54, 1.807) is 25.6 Å². The van der Waals surface area contributed by atoms with Gasteiger partial charge in [0.05, 0.1) is 7.11 Å². The highest BCUT2D eigenvalue weighted by Crippen LogP contribution is 2.26. The zero-order valence-electron chi connectivity index (χ0n) is 19.3. The van der Waals surface area contributed by atoms with E-state index in [0.29, 0.717) is 43.8 Å². The molecule has 8 heteroatoms. The Kier molecular flexibility index (Phi) is 8.05. The lowest BCUT2D eigenvalue weighted by atomic mass is 10.1. The molecule has 1 unspecified atom stereocenters. The molecule has 2 aromatic heterocycles. The van der Waals surface area contributed by atoms with Gasteiger partial charge in [-0.15, -0.1) is 0 Å². The Morgan fingerprint density at radius 3 is 2.94 bits per heavy atom. The number of aromatic amines is 1. The zero-order chi connectivity index (χ0) is 23.1. The predicted octanol–water partition coefficient (Wildman–Crippen LogP) is 2.43. The minimum Gasteiger partial charge on any atom is -0.481 e. The molecule has 0 spiro atoms. The Labute approximate surface area is 189 Å². The second kappa shape index (κ2) is 10.9. The molecule has 1 aliphatic heterocycles. The number of likely N-dealkylation sites (N-methyl/N-ethyl adjacent to an activating group) is 1. The van der Waals surface area contributed by atoms with Crippen LogP contribution in [0.2, 0.25) is 0 Å². The van der Waals surface area contributed by atoms with Gasteiger partial charge in [-0.25, -0.2) is 4.98 Å². The summed E-state index contributed by atoms with van der Waals surface area (Å²) in [6, 6.07) is 6.09. The first-order valence-corrected chi connectivity index (χ1v) is 11.1. The average Bonchev–Trinajstić information content (AvgIpc) is 3.28. The molecule has 2 aromatic rings. The summed E-state index contributed by atoms with van der Waals surface area (Å²) in [4.78, 5) is 36.2. The van der Waals surface area contributed by atoms with Gasteiger partial charge in [0.25, 0.3) is 5.56 Å². The number of hydrogen-bond acceptors (Lipinski definition) is 6. The molecule has 32 heavy (non-hydrogen) atoms. The molecule has 8 nitrogen and oxygen atoms in total. The van der Waals surface area contributed by atoms with Gasteiger partial charge in [-0.1, -0.05) is 19.9 Å². The molecule has 1 saturated heterocycles. The van der Waals surface area contributed by atoms with Gasteiger partial charge >= 0.3 is 0 Å². The van der Waals surface area contributed by atoms with Crippen LogP contribution in [0, 0.1) is 0 Å². The molecular formula is C24H33N5O3. The van der Waals surface area contributed by atoms with E-state index in [0.717, 1.165) is 17.5 Å². The van der Waals surface area contributed by atoms with Gasteiger partial charge < -0.3 is 24.8 Å². The third-order valence-corrected chi connectivity index (χ3v) is 5.63. The fourth-order valence-electron chi connectivity index (χ4n) is 3.94. The van der Waals surface area contributed by atoms with E-state index in [1.165, 1.54) is 0 Å². The van der Waals surface area contributed by atoms with Crippen molar-refractivity contribution in [1.82, 2.24) is 20.2 Å². The Balaban J connectivity index is 1.74. The maximum atomic E-state index is 12.7. The topological polar surface area (TPSA) is 90.6 Å². The Hall–Kier alpha value is -3.13. The van der Waals surface area contributed by atoms with Crippen LogP contribution in [0.4, 0.5) is 5.69 Å². The largest absolute Gasteiger partial charge is 0.481 e. The first-order valence-electron chi connectivity index (χ1n) is 11.1. The lowest BCUT2D eigenvalue weighted by Gasteiger charge is -2.29. The van der Waals surface area contributed by atoms with Gasteiger partial charge in [-0.2, -0.15) is 0 Å². The number of methoxy groups -OCH3 is 1. The van der Waals surface area contributed by atoms with E-state index < -0.39 is 0 Å². The maximum Gasteiger partial charge on any atom is 0.271 e.